The van der Waals surface area contributed by atoms with E-state index in [2.05, 4.69) is 5.10 Å². The molecule has 1 saturated heterocycles. The predicted octanol–water partition coefficient (Wildman–Crippen LogP) is 1.77. The lowest BCUT2D eigenvalue weighted by molar-refractivity contribution is 0.538. The van der Waals surface area contributed by atoms with Gasteiger partial charge in [0.1, 0.15) is 11.1 Å². The molecule has 0 spiro atoms. The van der Waals surface area contributed by atoms with Crippen molar-refractivity contribution in [2.75, 3.05) is 11.5 Å². The molecule has 18 heavy (non-hydrogen) atoms. The van der Waals surface area contributed by atoms with E-state index in [9.17, 15) is 8.42 Å². The molecule has 1 aromatic heterocycles. The molecule has 2 heterocycles. The summed E-state index contributed by atoms with van der Waals surface area (Å²) in [6, 6.07) is 0. The maximum absolute atomic E-state index is 12.2. The van der Waals surface area contributed by atoms with Gasteiger partial charge in [-0.2, -0.15) is 5.10 Å². The molecule has 0 saturated carbocycles. The van der Waals surface area contributed by atoms with Crippen LogP contribution in [0.3, 0.4) is 0 Å². The lowest BCUT2D eigenvalue weighted by atomic mass is 9.99. The predicted molar refractivity (Wildman–Crippen MR) is 72.1 cm³/mol. The molecule has 5 nitrogen and oxygen atoms in total. The number of hydrogen-bond donors (Lipinski definition) is 1. The summed E-state index contributed by atoms with van der Waals surface area (Å²) in [7, 11) is -1.30. The SMILES string of the molecule is CC(C)c1c(C2CCCCS2(=O)=O)nn(C)c1N. The van der Waals surface area contributed by atoms with Gasteiger partial charge in [-0.1, -0.05) is 20.3 Å². The lowest BCUT2D eigenvalue weighted by Crippen LogP contribution is -2.23. The Hall–Kier alpha value is -1.04. The van der Waals surface area contributed by atoms with Gasteiger partial charge in [-0.25, -0.2) is 8.42 Å². The molecule has 1 atom stereocenters. The largest absolute Gasteiger partial charge is 0.384 e. The van der Waals surface area contributed by atoms with Crippen molar-refractivity contribution >= 4 is 15.7 Å². The molecule has 102 valence electrons. The Morgan fingerprint density at radius 3 is 2.61 bits per heavy atom. The molecular formula is C12H21N3O2S. The summed E-state index contributed by atoms with van der Waals surface area (Å²) >= 11 is 0. The summed E-state index contributed by atoms with van der Waals surface area (Å²) in [5, 5.41) is 3.90. The summed E-state index contributed by atoms with van der Waals surface area (Å²) in [4.78, 5) is 0. The lowest BCUT2D eigenvalue weighted by Gasteiger charge is -2.22. The second kappa shape index (κ2) is 4.57. The van der Waals surface area contributed by atoms with Gasteiger partial charge in [0, 0.05) is 12.6 Å². The van der Waals surface area contributed by atoms with Crippen LogP contribution >= 0.6 is 0 Å². The van der Waals surface area contributed by atoms with E-state index in [1.165, 1.54) is 0 Å². The molecule has 0 aromatic carbocycles. The molecule has 2 N–H and O–H groups in total. The van der Waals surface area contributed by atoms with Gasteiger partial charge in [-0.3, -0.25) is 4.68 Å². The van der Waals surface area contributed by atoms with Gasteiger partial charge in [-0.15, -0.1) is 0 Å². The summed E-state index contributed by atoms with van der Waals surface area (Å²) in [6.45, 7) is 4.04. The maximum Gasteiger partial charge on any atom is 0.158 e. The summed E-state index contributed by atoms with van der Waals surface area (Å²) in [5.41, 5.74) is 7.57. The molecule has 1 aliphatic rings. The van der Waals surface area contributed by atoms with Gasteiger partial charge in [0.25, 0.3) is 0 Å². The molecule has 1 unspecified atom stereocenters. The van der Waals surface area contributed by atoms with Crippen molar-refractivity contribution in [1.82, 2.24) is 9.78 Å². The molecule has 2 rings (SSSR count). The van der Waals surface area contributed by atoms with E-state index in [4.69, 9.17) is 5.73 Å². The average Bonchev–Trinajstić information content (AvgIpc) is 2.54. The van der Waals surface area contributed by atoms with E-state index in [-0.39, 0.29) is 11.7 Å². The topological polar surface area (TPSA) is 78.0 Å². The number of rotatable bonds is 2. The second-order valence-electron chi connectivity index (χ2n) is 5.31. The summed E-state index contributed by atoms with van der Waals surface area (Å²) < 4.78 is 26.0. The Kier molecular flexibility index (Phi) is 3.40. The van der Waals surface area contributed by atoms with E-state index in [1.807, 2.05) is 13.8 Å². The Morgan fingerprint density at radius 1 is 1.39 bits per heavy atom. The second-order valence-corrected chi connectivity index (χ2v) is 7.62. The first-order valence-electron chi connectivity index (χ1n) is 6.38. The van der Waals surface area contributed by atoms with Crippen LogP contribution in [0, 0.1) is 0 Å². The van der Waals surface area contributed by atoms with Gasteiger partial charge in [0.05, 0.1) is 11.4 Å². The Balaban J connectivity index is 2.54. The molecule has 1 aromatic rings. The fraction of sp³-hybridized carbons (Fsp3) is 0.750. The zero-order chi connectivity index (χ0) is 13.5. The van der Waals surface area contributed by atoms with Crippen molar-refractivity contribution in [3.63, 3.8) is 0 Å². The van der Waals surface area contributed by atoms with Gasteiger partial charge < -0.3 is 5.73 Å². The van der Waals surface area contributed by atoms with E-state index in [0.717, 1.165) is 18.4 Å². The quantitative estimate of drug-likeness (QED) is 0.889. The monoisotopic (exact) mass is 271 g/mol. The van der Waals surface area contributed by atoms with Crippen LogP contribution in [0.2, 0.25) is 0 Å². The van der Waals surface area contributed by atoms with Crippen molar-refractivity contribution < 1.29 is 8.42 Å². The van der Waals surface area contributed by atoms with Crippen molar-refractivity contribution in [2.45, 2.75) is 44.3 Å². The fourth-order valence-corrected chi connectivity index (χ4v) is 4.60. The van der Waals surface area contributed by atoms with Crippen LogP contribution in [0.5, 0.6) is 0 Å². The molecule has 0 aliphatic carbocycles. The van der Waals surface area contributed by atoms with Crippen LogP contribution in [-0.2, 0) is 16.9 Å². The van der Waals surface area contributed by atoms with Crippen molar-refractivity contribution in [3.8, 4) is 0 Å². The van der Waals surface area contributed by atoms with Crippen LogP contribution in [0.4, 0.5) is 5.82 Å². The summed E-state index contributed by atoms with van der Waals surface area (Å²) in [5.74, 6) is 1.04. The van der Waals surface area contributed by atoms with Gasteiger partial charge >= 0.3 is 0 Å². The number of hydrogen-bond acceptors (Lipinski definition) is 4. The molecule has 0 bridgehead atoms. The minimum atomic E-state index is -3.07. The van der Waals surface area contributed by atoms with E-state index in [1.54, 1.807) is 11.7 Å². The number of nitrogens with two attached hydrogens (primary N) is 1. The molecule has 1 fully saturated rings. The average molecular weight is 271 g/mol. The van der Waals surface area contributed by atoms with Crippen molar-refractivity contribution in [2.24, 2.45) is 7.05 Å². The first-order valence-corrected chi connectivity index (χ1v) is 8.10. The van der Waals surface area contributed by atoms with Crippen LogP contribution in [0.15, 0.2) is 0 Å². The number of nitrogens with zero attached hydrogens (tertiary/aromatic N) is 2. The highest BCUT2D eigenvalue weighted by Gasteiger charge is 2.35. The Morgan fingerprint density at radius 2 is 2.06 bits per heavy atom. The molecule has 6 heteroatoms. The minimum Gasteiger partial charge on any atom is -0.384 e. The first-order chi connectivity index (χ1) is 8.34. The Bertz CT molecular complexity index is 546. The van der Waals surface area contributed by atoms with E-state index in [0.29, 0.717) is 17.9 Å². The fourth-order valence-electron chi connectivity index (χ4n) is 2.67. The molecular weight excluding hydrogens is 250 g/mol. The van der Waals surface area contributed by atoms with Gasteiger partial charge in [0.2, 0.25) is 0 Å². The number of nitrogen functional groups attached to an aromatic ring is 1. The highest BCUT2D eigenvalue weighted by atomic mass is 32.2. The number of sulfone groups is 1. The van der Waals surface area contributed by atoms with Crippen LogP contribution in [0.1, 0.15) is 55.5 Å². The van der Waals surface area contributed by atoms with Crippen LogP contribution in [-0.4, -0.2) is 24.0 Å². The number of aryl methyl sites for hydroxylation is 1. The van der Waals surface area contributed by atoms with Crippen LogP contribution < -0.4 is 5.73 Å². The normalized spacial score (nSPS) is 23.4. The molecule has 0 amide bonds. The standard InChI is InChI=1S/C12H21N3O2S/c1-8(2)10-11(14-15(3)12(10)13)9-6-4-5-7-18(9,16)17/h8-9H,4-7,13H2,1-3H3. The third-order valence-corrected chi connectivity index (χ3v) is 5.80. The van der Waals surface area contributed by atoms with Crippen LogP contribution in [0.25, 0.3) is 0 Å². The van der Waals surface area contributed by atoms with E-state index < -0.39 is 15.1 Å². The van der Waals surface area contributed by atoms with Gasteiger partial charge in [0.15, 0.2) is 9.84 Å². The van der Waals surface area contributed by atoms with Crippen molar-refractivity contribution in [3.05, 3.63) is 11.3 Å². The third kappa shape index (κ3) is 2.13. The van der Waals surface area contributed by atoms with Gasteiger partial charge in [-0.05, 0) is 18.8 Å². The molecule has 0 radical (unpaired) electrons. The van der Waals surface area contributed by atoms with Crippen molar-refractivity contribution in [1.29, 1.82) is 0 Å². The maximum atomic E-state index is 12.2. The van der Waals surface area contributed by atoms with E-state index >= 15 is 0 Å². The highest BCUT2D eigenvalue weighted by molar-refractivity contribution is 7.91. The third-order valence-electron chi connectivity index (χ3n) is 3.62. The zero-order valence-corrected chi connectivity index (χ0v) is 12.0. The minimum absolute atomic E-state index is 0.186. The highest BCUT2D eigenvalue weighted by Crippen LogP contribution is 2.38. The zero-order valence-electron chi connectivity index (χ0n) is 11.2. The Labute approximate surface area is 108 Å². The summed E-state index contributed by atoms with van der Waals surface area (Å²) in [6.07, 6.45) is 2.37. The smallest absolute Gasteiger partial charge is 0.158 e. The molecule has 1 aliphatic heterocycles. The first kappa shape index (κ1) is 13.4. The number of anilines is 1. The number of aromatic nitrogens is 2.